The van der Waals surface area contributed by atoms with Gasteiger partial charge in [0.1, 0.15) is 0 Å². The van der Waals surface area contributed by atoms with Gasteiger partial charge in [-0.25, -0.2) is 0 Å². The number of rotatable bonds is 3. The first-order chi connectivity index (χ1) is 8.95. The molecular formula is C17H26N2. The van der Waals surface area contributed by atoms with Crippen molar-refractivity contribution < 1.29 is 0 Å². The summed E-state index contributed by atoms with van der Waals surface area (Å²) in [4.78, 5) is 4.48. The van der Waals surface area contributed by atoms with E-state index in [1.165, 1.54) is 19.3 Å². The lowest BCUT2D eigenvalue weighted by Crippen LogP contribution is -2.45. The molecule has 1 N–H and O–H groups in total. The highest BCUT2D eigenvalue weighted by Gasteiger charge is 2.61. The van der Waals surface area contributed by atoms with Gasteiger partial charge >= 0.3 is 0 Å². The molecule has 3 unspecified atom stereocenters. The molecule has 2 saturated carbocycles. The van der Waals surface area contributed by atoms with Crippen molar-refractivity contribution in [2.24, 2.45) is 16.7 Å². The van der Waals surface area contributed by atoms with Gasteiger partial charge < -0.3 is 5.32 Å². The number of pyridine rings is 1. The van der Waals surface area contributed by atoms with Gasteiger partial charge in [-0.2, -0.15) is 0 Å². The molecule has 2 aliphatic carbocycles. The lowest BCUT2D eigenvalue weighted by Gasteiger charge is -2.40. The quantitative estimate of drug-likeness (QED) is 0.888. The smallest absolute Gasteiger partial charge is 0.0570 e. The Kier molecular flexibility index (Phi) is 2.97. The van der Waals surface area contributed by atoms with Gasteiger partial charge in [0.25, 0.3) is 0 Å². The van der Waals surface area contributed by atoms with Crippen LogP contribution in [0.3, 0.4) is 0 Å². The third-order valence-corrected chi connectivity index (χ3v) is 6.38. The van der Waals surface area contributed by atoms with Crippen molar-refractivity contribution in [3.8, 4) is 0 Å². The number of fused-ring (bicyclic) bond motifs is 2. The first-order valence-corrected chi connectivity index (χ1v) is 7.62. The SMILES string of the molecule is C[C@@H](NC1CC2CCC1(C)C2(C)C)c1ccccn1. The van der Waals surface area contributed by atoms with Crippen LogP contribution in [0.25, 0.3) is 0 Å². The molecule has 0 amide bonds. The highest BCUT2D eigenvalue weighted by atomic mass is 15.0. The molecule has 2 aliphatic rings. The van der Waals surface area contributed by atoms with Gasteiger partial charge in [0.2, 0.25) is 0 Å². The van der Waals surface area contributed by atoms with Gasteiger partial charge in [0, 0.05) is 18.3 Å². The van der Waals surface area contributed by atoms with Crippen LogP contribution < -0.4 is 5.32 Å². The Hall–Kier alpha value is -0.890. The second-order valence-electron chi connectivity index (χ2n) is 7.31. The summed E-state index contributed by atoms with van der Waals surface area (Å²) in [7, 11) is 0. The van der Waals surface area contributed by atoms with E-state index in [-0.39, 0.29) is 0 Å². The molecule has 1 aromatic heterocycles. The predicted molar refractivity (Wildman–Crippen MR) is 78.8 cm³/mol. The Morgan fingerprint density at radius 3 is 2.63 bits per heavy atom. The summed E-state index contributed by atoms with van der Waals surface area (Å²) in [5.41, 5.74) is 2.08. The van der Waals surface area contributed by atoms with Crippen LogP contribution in [0.1, 0.15) is 58.7 Å². The van der Waals surface area contributed by atoms with Crippen LogP contribution >= 0.6 is 0 Å². The molecule has 2 nitrogen and oxygen atoms in total. The zero-order valence-corrected chi connectivity index (χ0v) is 12.6. The van der Waals surface area contributed by atoms with E-state index in [1.807, 2.05) is 12.3 Å². The molecule has 0 aromatic carbocycles. The number of aromatic nitrogens is 1. The van der Waals surface area contributed by atoms with Gasteiger partial charge in [-0.3, -0.25) is 4.98 Å². The van der Waals surface area contributed by atoms with Crippen molar-refractivity contribution in [1.29, 1.82) is 0 Å². The fourth-order valence-electron chi connectivity index (χ4n) is 4.48. The molecule has 1 aromatic rings. The van der Waals surface area contributed by atoms with E-state index in [9.17, 15) is 0 Å². The normalized spacial score (nSPS) is 37.5. The van der Waals surface area contributed by atoms with Crippen molar-refractivity contribution in [3.63, 3.8) is 0 Å². The fourth-order valence-corrected chi connectivity index (χ4v) is 4.48. The van der Waals surface area contributed by atoms with E-state index in [2.05, 4.69) is 50.1 Å². The van der Waals surface area contributed by atoms with E-state index < -0.39 is 0 Å². The Morgan fingerprint density at radius 1 is 1.32 bits per heavy atom. The van der Waals surface area contributed by atoms with Gasteiger partial charge in [0.15, 0.2) is 0 Å². The Morgan fingerprint density at radius 2 is 2.11 bits per heavy atom. The maximum absolute atomic E-state index is 4.48. The number of nitrogens with one attached hydrogen (secondary N) is 1. The van der Waals surface area contributed by atoms with Crippen molar-refractivity contribution in [2.45, 2.75) is 59.0 Å². The van der Waals surface area contributed by atoms with Crippen molar-refractivity contribution in [1.82, 2.24) is 10.3 Å². The van der Waals surface area contributed by atoms with Crippen LogP contribution in [0.4, 0.5) is 0 Å². The highest BCUT2D eigenvalue weighted by molar-refractivity contribution is 5.15. The molecule has 1 heterocycles. The average molecular weight is 258 g/mol. The summed E-state index contributed by atoms with van der Waals surface area (Å²) >= 11 is 0. The van der Waals surface area contributed by atoms with Gasteiger partial charge in [0.05, 0.1) is 5.69 Å². The number of nitrogens with zero attached hydrogens (tertiary/aromatic N) is 1. The second-order valence-corrected chi connectivity index (χ2v) is 7.31. The standard InChI is InChI=1S/C17H26N2/c1-12(14-7-5-6-10-18-14)19-15-11-13-8-9-17(15,4)16(13,2)3/h5-7,10,12-13,15,19H,8-9,11H2,1-4H3/t12-,13?,15?,17?/m1/s1. The highest BCUT2D eigenvalue weighted by Crippen LogP contribution is 2.65. The van der Waals surface area contributed by atoms with Crippen LogP contribution in [0.2, 0.25) is 0 Å². The molecule has 19 heavy (non-hydrogen) atoms. The molecule has 0 spiro atoms. The molecule has 2 fully saturated rings. The van der Waals surface area contributed by atoms with Crippen molar-refractivity contribution in [3.05, 3.63) is 30.1 Å². The third kappa shape index (κ3) is 1.84. The van der Waals surface area contributed by atoms with E-state index in [0.29, 0.717) is 22.9 Å². The largest absolute Gasteiger partial charge is 0.305 e. The van der Waals surface area contributed by atoms with Gasteiger partial charge in [-0.05, 0) is 55.1 Å². The summed E-state index contributed by atoms with van der Waals surface area (Å²) in [6.07, 6.45) is 6.01. The molecular weight excluding hydrogens is 232 g/mol. The van der Waals surface area contributed by atoms with Crippen LogP contribution in [-0.4, -0.2) is 11.0 Å². The Labute approximate surface area is 117 Å². The Bertz CT molecular complexity index is 454. The van der Waals surface area contributed by atoms with E-state index >= 15 is 0 Å². The number of hydrogen-bond donors (Lipinski definition) is 1. The van der Waals surface area contributed by atoms with E-state index in [4.69, 9.17) is 0 Å². The first kappa shape index (κ1) is 13.1. The molecule has 0 radical (unpaired) electrons. The zero-order valence-electron chi connectivity index (χ0n) is 12.6. The molecule has 2 bridgehead atoms. The summed E-state index contributed by atoms with van der Waals surface area (Å²) in [5.74, 6) is 0.894. The predicted octanol–water partition coefficient (Wildman–Crippen LogP) is 3.95. The minimum Gasteiger partial charge on any atom is -0.305 e. The summed E-state index contributed by atoms with van der Waals surface area (Å²) in [5, 5.41) is 3.86. The van der Waals surface area contributed by atoms with Crippen LogP contribution in [0.5, 0.6) is 0 Å². The maximum Gasteiger partial charge on any atom is 0.0570 e. The van der Waals surface area contributed by atoms with Crippen LogP contribution in [-0.2, 0) is 0 Å². The van der Waals surface area contributed by atoms with E-state index in [0.717, 1.165) is 11.6 Å². The molecule has 3 rings (SSSR count). The minimum atomic E-state index is 0.346. The molecule has 2 heteroatoms. The average Bonchev–Trinajstić information content (AvgIpc) is 2.73. The topological polar surface area (TPSA) is 24.9 Å². The Balaban J connectivity index is 1.76. The lowest BCUT2D eigenvalue weighted by atomic mass is 9.69. The maximum atomic E-state index is 4.48. The van der Waals surface area contributed by atoms with Gasteiger partial charge in [-0.15, -0.1) is 0 Å². The van der Waals surface area contributed by atoms with Gasteiger partial charge in [-0.1, -0.05) is 26.8 Å². The number of hydrogen-bond acceptors (Lipinski definition) is 2. The summed E-state index contributed by atoms with van der Waals surface area (Å²) < 4.78 is 0. The monoisotopic (exact) mass is 258 g/mol. The molecule has 0 saturated heterocycles. The van der Waals surface area contributed by atoms with Crippen molar-refractivity contribution in [2.75, 3.05) is 0 Å². The van der Waals surface area contributed by atoms with Crippen LogP contribution in [0, 0.1) is 16.7 Å². The molecule has 104 valence electrons. The minimum absolute atomic E-state index is 0.346. The lowest BCUT2D eigenvalue weighted by molar-refractivity contribution is 0.116. The summed E-state index contributed by atoms with van der Waals surface area (Å²) in [6, 6.07) is 7.17. The zero-order chi connectivity index (χ0) is 13.7. The molecule has 0 aliphatic heterocycles. The summed E-state index contributed by atoms with van der Waals surface area (Å²) in [6.45, 7) is 9.67. The van der Waals surface area contributed by atoms with Crippen molar-refractivity contribution >= 4 is 0 Å². The first-order valence-electron chi connectivity index (χ1n) is 7.62. The van der Waals surface area contributed by atoms with E-state index in [1.54, 1.807) is 0 Å². The van der Waals surface area contributed by atoms with Crippen LogP contribution in [0.15, 0.2) is 24.4 Å². The molecule has 4 atom stereocenters. The second kappa shape index (κ2) is 4.31. The third-order valence-electron chi connectivity index (χ3n) is 6.38. The fraction of sp³-hybridized carbons (Fsp3) is 0.706.